The molecule has 0 aliphatic heterocycles. The van der Waals surface area contributed by atoms with Gasteiger partial charge in [0.05, 0.1) is 0 Å². The predicted octanol–water partition coefficient (Wildman–Crippen LogP) is 26.7. The minimum Gasteiger partial charge on any atom is -0.456 e. The molecule has 0 saturated carbocycles. The molecule has 0 saturated heterocycles. The van der Waals surface area contributed by atoms with Gasteiger partial charge in [0.25, 0.3) is 0 Å². The van der Waals surface area contributed by atoms with Crippen molar-refractivity contribution in [1.82, 2.24) is 0 Å². The Morgan fingerprint density at radius 1 is 0.232 bits per heavy atom. The molecule has 18 rings (SSSR count). The van der Waals surface area contributed by atoms with Crippen LogP contribution in [0.5, 0.6) is 0 Å². The van der Waals surface area contributed by atoms with E-state index in [0.29, 0.717) is 10.0 Å². The van der Waals surface area contributed by atoms with Gasteiger partial charge in [-0.3, -0.25) is 0 Å². The van der Waals surface area contributed by atoms with Crippen molar-refractivity contribution in [2.45, 2.75) is 48.0 Å². The first-order valence-corrected chi connectivity index (χ1v) is 32.8. The number of benzene rings is 14. The van der Waals surface area contributed by atoms with Crippen LogP contribution in [0.2, 0.25) is 10.0 Å². The second-order valence-electron chi connectivity index (χ2n) is 25.3. The highest BCUT2D eigenvalue weighted by atomic mass is 35.5. The standard InChI is InChI=1S/C50H38N2O2.C22H10Cl2O2.C15H16/c1-31-9-5-13-37(21-31)51(38-14-6-10-32(2)22-38)41-17-19-43-45-25-35-26-46-44-20-18-42(30-50(44)54-48(46)28-36(35)27-47(45)53-49(43)29-41)52(39-15-7-11-33(3)23-39)40-16-8-12-34(4)24-40;23-13-1-3-15-17-5-11-6-18-16-4-2-14(24)10-22(16)26-20(18)8-12(11)7-19(17)25-21(15)9-13;1-12-5-3-7-14(9-12)11-15-8-4-6-13(2)10-15/h5-30H,1-4H3;1-10H;3-10H,11H2,1-2H3. The normalized spacial score (nSPS) is 11.6. The third-order valence-corrected chi connectivity index (χ3v) is 18.5. The van der Waals surface area contributed by atoms with Crippen molar-refractivity contribution in [3.63, 3.8) is 0 Å². The molecule has 0 radical (unpaired) electrons. The maximum Gasteiger partial charge on any atom is 0.137 e. The van der Waals surface area contributed by atoms with Gasteiger partial charge in [-0.15, -0.1) is 0 Å². The van der Waals surface area contributed by atoms with Crippen LogP contribution in [0.4, 0.5) is 34.1 Å². The van der Waals surface area contributed by atoms with E-state index in [4.69, 9.17) is 40.9 Å². The summed E-state index contributed by atoms with van der Waals surface area (Å²) in [6, 6.07) is 93.8. The molecule has 0 bridgehead atoms. The summed E-state index contributed by atoms with van der Waals surface area (Å²) in [5, 5.41) is 14.5. The van der Waals surface area contributed by atoms with Gasteiger partial charge < -0.3 is 27.5 Å². The van der Waals surface area contributed by atoms with Crippen LogP contribution in [-0.2, 0) is 6.42 Å². The van der Waals surface area contributed by atoms with Crippen LogP contribution in [0.3, 0.4) is 0 Å². The number of fused-ring (bicyclic) bond motifs is 14. The molecule has 0 spiro atoms. The summed E-state index contributed by atoms with van der Waals surface area (Å²) in [6.07, 6.45) is 1.03. The number of hydrogen-bond donors (Lipinski definition) is 0. The van der Waals surface area contributed by atoms with Crippen molar-refractivity contribution < 1.29 is 17.7 Å². The topological polar surface area (TPSA) is 59.0 Å². The first-order chi connectivity index (χ1) is 46.2. The average molecular weight is 1270 g/mol. The Kier molecular flexibility index (Phi) is 15.0. The summed E-state index contributed by atoms with van der Waals surface area (Å²) in [4.78, 5) is 4.60. The summed E-state index contributed by atoms with van der Waals surface area (Å²) >= 11 is 12.2. The Balaban J connectivity index is 0.000000141. The number of nitrogens with zero attached hydrogens (tertiary/aromatic N) is 2. The third-order valence-electron chi connectivity index (χ3n) is 18.1. The first kappa shape index (κ1) is 59.0. The van der Waals surface area contributed by atoms with Gasteiger partial charge in [0, 0.05) is 112 Å². The lowest BCUT2D eigenvalue weighted by molar-refractivity contribution is 0.668. The minimum atomic E-state index is 0.670. The zero-order chi connectivity index (χ0) is 64.6. The monoisotopic (exact) mass is 1270 g/mol. The van der Waals surface area contributed by atoms with Gasteiger partial charge in [0.1, 0.15) is 44.7 Å². The van der Waals surface area contributed by atoms with Gasteiger partial charge in [-0.1, -0.05) is 131 Å². The molecular weight excluding hydrogens is 1210 g/mol. The van der Waals surface area contributed by atoms with Crippen LogP contribution >= 0.6 is 23.2 Å². The largest absolute Gasteiger partial charge is 0.456 e. The number of rotatable bonds is 8. The fourth-order valence-electron chi connectivity index (χ4n) is 13.6. The molecular formula is C87H64Cl2N2O4. The van der Waals surface area contributed by atoms with E-state index >= 15 is 0 Å². The van der Waals surface area contributed by atoms with Crippen molar-refractivity contribution in [3.05, 3.63) is 321 Å². The molecule has 0 aliphatic rings. The zero-order valence-corrected chi connectivity index (χ0v) is 54.9. The molecule has 8 heteroatoms. The van der Waals surface area contributed by atoms with E-state index in [2.05, 4.69) is 282 Å². The van der Waals surface area contributed by atoms with Crippen molar-refractivity contribution >= 4 is 167 Å². The fourth-order valence-corrected chi connectivity index (χ4v) is 14.0. The van der Waals surface area contributed by atoms with E-state index < -0.39 is 0 Å². The SMILES string of the molecule is Cc1cccc(Cc2cccc(C)c2)c1.Cc1cccc(N(c2cccc(C)c2)c2ccc3c(c2)oc2cc4cc5oc6cc(N(c7cccc(C)c7)c7cccc(C)c7)ccc6c5cc4cc23)c1.Clc1ccc2c(c1)oc1cc3cc4oc5cc(Cl)ccc5c4cc3cc12. The van der Waals surface area contributed by atoms with Crippen LogP contribution in [-0.4, -0.2) is 0 Å². The molecule has 0 unspecified atom stereocenters. The van der Waals surface area contributed by atoms with E-state index in [1.807, 2.05) is 36.4 Å². The molecule has 18 aromatic rings. The lowest BCUT2D eigenvalue weighted by Crippen LogP contribution is -2.10. The van der Waals surface area contributed by atoms with E-state index in [1.165, 1.54) is 44.5 Å². The average Bonchev–Trinajstić information content (AvgIpc) is 1.62. The molecule has 14 aromatic carbocycles. The minimum absolute atomic E-state index is 0.670. The molecule has 95 heavy (non-hydrogen) atoms. The lowest BCUT2D eigenvalue weighted by atomic mass is 10.0. The number of aryl methyl sites for hydroxylation is 6. The van der Waals surface area contributed by atoms with E-state index in [-0.39, 0.29) is 0 Å². The molecule has 0 atom stereocenters. The summed E-state index contributed by atoms with van der Waals surface area (Å²) in [5.41, 5.74) is 23.6. The van der Waals surface area contributed by atoms with Crippen LogP contribution in [0.25, 0.3) is 109 Å². The molecule has 460 valence electrons. The van der Waals surface area contributed by atoms with Crippen molar-refractivity contribution in [2.75, 3.05) is 9.80 Å². The Bertz CT molecular complexity index is 5600. The summed E-state index contributed by atoms with van der Waals surface area (Å²) < 4.78 is 25.2. The summed E-state index contributed by atoms with van der Waals surface area (Å²) in [5.74, 6) is 0. The van der Waals surface area contributed by atoms with E-state index in [1.54, 1.807) is 0 Å². The van der Waals surface area contributed by atoms with Crippen molar-refractivity contribution in [2.24, 2.45) is 0 Å². The van der Waals surface area contributed by atoms with Crippen LogP contribution in [0.1, 0.15) is 44.5 Å². The number of hydrogen-bond acceptors (Lipinski definition) is 6. The van der Waals surface area contributed by atoms with Gasteiger partial charge in [-0.2, -0.15) is 0 Å². The second-order valence-corrected chi connectivity index (χ2v) is 26.2. The molecule has 4 heterocycles. The van der Waals surface area contributed by atoms with Crippen molar-refractivity contribution in [1.29, 1.82) is 0 Å². The van der Waals surface area contributed by atoms with Gasteiger partial charge >= 0.3 is 0 Å². The summed E-state index contributed by atoms with van der Waals surface area (Å²) in [7, 11) is 0. The molecule has 0 aliphatic carbocycles. The highest BCUT2D eigenvalue weighted by molar-refractivity contribution is 6.32. The molecule has 4 aromatic heterocycles. The van der Waals surface area contributed by atoms with Crippen LogP contribution in [0.15, 0.2) is 285 Å². The van der Waals surface area contributed by atoms with Gasteiger partial charge in [-0.25, -0.2) is 0 Å². The van der Waals surface area contributed by atoms with Gasteiger partial charge in [-0.05, 0) is 248 Å². The lowest BCUT2D eigenvalue weighted by Gasteiger charge is -2.26. The fraction of sp³-hybridized carbons (Fsp3) is 0.0805. The number of furan rings is 4. The maximum absolute atomic E-state index is 6.62. The smallest absolute Gasteiger partial charge is 0.137 e. The van der Waals surface area contributed by atoms with Gasteiger partial charge in [0.15, 0.2) is 0 Å². The van der Waals surface area contributed by atoms with Crippen LogP contribution in [0, 0.1) is 41.5 Å². The van der Waals surface area contributed by atoms with Crippen LogP contribution < -0.4 is 9.80 Å². The number of halogens is 2. The third kappa shape index (κ3) is 11.6. The zero-order valence-electron chi connectivity index (χ0n) is 53.4. The highest BCUT2D eigenvalue weighted by Crippen LogP contribution is 2.44. The maximum atomic E-state index is 6.62. The first-order valence-electron chi connectivity index (χ1n) is 32.1. The Hall–Kier alpha value is -11.0. The van der Waals surface area contributed by atoms with Gasteiger partial charge in [0.2, 0.25) is 0 Å². The summed E-state index contributed by atoms with van der Waals surface area (Å²) in [6.45, 7) is 12.8. The Labute approximate surface area is 560 Å². The second kappa shape index (κ2) is 24.1. The van der Waals surface area contributed by atoms with E-state index in [9.17, 15) is 0 Å². The molecule has 0 fully saturated rings. The Morgan fingerprint density at radius 2 is 0.484 bits per heavy atom. The molecule has 0 N–H and O–H groups in total. The number of anilines is 6. The molecule has 0 amide bonds. The van der Waals surface area contributed by atoms with Crippen molar-refractivity contribution in [3.8, 4) is 0 Å². The molecule has 6 nitrogen and oxygen atoms in total. The highest BCUT2D eigenvalue weighted by Gasteiger charge is 2.20. The predicted molar refractivity (Wildman–Crippen MR) is 401 cm³/mol. The Morgan fingerprint density at radius 3 is 0.789 bits per heavy atom. The van der Waals surface area contributed by atoms with E-state index in [0.717, 1.165) is 150 Å². The quantitative estimate of drug-likeness (QED) is 0.151.